The average molecular weight is 489 g/mol. The number of rotatable bonds is 3. The lowest BCUT2D eigenvalue weighted by molar-refractivity contribution is -0.120. The van der Waals surface area contributed by atoms with Gasteiger partial charge in [0.25, 0.3) is 11.5 Å². The molecule has 6 nitrogen and oxygen atoms in total. The standard InChI is InChI=1S/C26H24N4O2S2/c1-4-28-19-14-10-9-11-17(19)15-16-20(28)22-24(32)30(18-12-7-6-8-13-18)25(34-22)21-23(31)29(5-2)26(33)27(21)3/h6-16H,4-5H2,1-3H3/b22-20+,25-21-. The van der Waals surface area contributed by atoms with Crippen molar-refractivity contribution in [2.24, 2.45) is 0 Å². The Morgan fingerprint density at radius 3 is 2.24 bits per heavy atom. The fraction of sp³-hybridized carbons (Fsp3) is 0.192. The summed E-state index contributed by atoms with van der Waals surface area (Å²) in [6.45, 7) is 5.14. The van der Waals surface area contributed by atoms with Crippen LogP contribution in [0.3, 0.4) is 0 Å². The molecule has 2 aliphatic rings. The van der Waals surface area contributed by atoms with Gasteiger partial charge in [0.2, 0.25) is 0 Å². The molecule has 172 valence electrons. The number of carbonyl (C=O) groups is 1. The fourth-order valence-electron chi connectivity index (χ4n) is 4.46. The van der Waals surface area contributed by atoms with Crippen LogP contribution in [0, 0.1) is 0 Å². The molecule has 0 spiro atoms. The van der Waals surface area contributed by atoms with Gasteiger partial charge in [0.15, 0.2) is 5.11 Å². The molecule has 2 aromatic carbocycles. The second kappa shape index (κ2) is 8.70. The van der Waals surface area contributed by atoms with Gasteiger partial charge >= 0.3 is 0 Å². The first kappa shape index (κ1) is 22.3. The molecule has 0 unspecified atom stereocenters. The zero-order valence-electron chi connectivity index (χ0n) is 19.2. The number of nitrogens with zero attached hydrogens (tertiary/aromatic N) is 4. The maximum absolute atomic E-state index is 14.0. The molecule has 0 saturated carbocycles. The van der Waals surface area contributed by atoms with Crippen molar-refractivity contribution in [3.8, 4) is 5.69 Å². The van der Waals surface area contributed by atoms with Crippen molar-refractivity contribution in [1.82, 2.24) is 14.4 Å². The normalized spacial score (nSPS) is 18.7. The minimum atomic E-state index is -0.186. The van der Waals surface area contributed by atoms with Crippen LogP contribution >= 0.6 is 23.6 Å². The van der Waals surface area contributed by atoms with Gasteiger partial charge in [0, 0.05) is 25.8 Å². The Morgan fingerprint density at radius 1 is 0.882 bits per heavy atom. The molecule has 1 amide bonds. The van der Waals surface area contributed by atoms with Crippen molar-refractivity contribution in [1.29, 1.82) is 0 Å². The van der Waals surface area contributed by atoms with E-state index < -0.39 is 0 Å². The first-order chi connectivity index (χ1) is 16.5. The Hall–Kier alpha value is -3.49. The van der Waals surface area contributed by atoms with Gasteiger partial charge in [-0.15, -0.1) is 11.3 Å². The maximum atomic E-state index is 14.0. The lowest BCUT2D eigenvalue weighted by Crippen LogP contribution is -2.36. The molecule has 0 atom stereocenters. The minimum absolute atomic E-state index is 0.154. The number of amides is 1. The van der Waals surface area contributed by atoms with E-state index in [1.54, 1.807) is 21.4 Å². The van der Waals surface area contributed by atoms with Crippen LogP contribution in [0.4, 0.5) is 5.69 Å². The molecule has 5 rings (SSSR count). The van der Waals surface area contributed by atoms with Crippen LogP contribution in [0.2, 0.25) is 0 Å². The van der Waals surface area contributed by atoms with Crippen LogP contribution < -0.4 is 19.7 Å². The molecule has 0 N–H and O–H groups in total. The highest BCUT2D eigenvalue weighted by atomic mass is 32.1. The van der Waals surface area contributed by atoms with E-state index >= 15 is 0 Å². The van der Waals surface area contributed by atoms with Crippen LogP contribution in [-0.2, 0) is 4.79 Å². The van der Waals surface area contributed by atoms with E-state index in [4.69, 9.17) is 12.2 Å². The summed E-state index contributed by atoms with van der Waals surface area (Å²) in [6.07, 6.45) is 4.03. The first-order valence-electron chi connectivity index (χ1n) is 11.2. The second-order valence-electron chi connectivity index (χ2n) is 7.97. The number of thiocarbonyl (C=S) groups is 1. The predicted molar refractivity (Wildman–Crippen MR) is 142 cm³/mol. The highest BCUT2D eigenvalue weighted by molar-refractivity contribution is 7.80. The number of benzene rings is 2. The first-order valence-corrected chi connectivity index (χ1v) is 12.4. The van der Waals surface area contributed by atoms with Crippen molar-refractivity contribution >= 4 is 57.7 Å². The Morgan fingerprint density at radius 2 is 1.56 bits per heavy atom. The number of hydrogen-bond acceptors (Lipinski definition) is 5. The van der Waals surface area contributed by atoms with Gasteiger partial charge in [-0.05, 0) is 55.9 Å². The van der Waals surface area contributed by atoms with Crippen LogP contribution in [0.1, 0.15) is 19.4 Å². The van der Waals surface area contributed by atoms with Gasteiger partial charge in [-0.2, -0.15) is 0 Å². The highest BCUT2D eigenvalue weighted by Crippen LogP contribution is 2.30. The molecule has 1 fully saturated rings. The number of thiazole rings is 1. The fourth-order valence-corrected chi connectivity index (χ4v) is 6.02. The molecule has 0 aliphatic carbocycles. The third-order valence-corrected chi connectivity index (χ3v) is 7.77. The SMILES string of the molecule is CCN1C(=O)/C(=c2/s/c(=C3\C=Cc4ccccc4N3CC)c(=O)n2-c2ccccc2)N(C)C1=S. The summed E-state index contributed by atoms with van der Waals surface area (Å²) < 4.78 is 2.80. The topological polar surface area (TPSA) is 48.8 Å². The van der Waals surface area contributed by atoms with E-state index in [2.05, 4.69) is 24.0 Å². The molecule has 1 aromatic heterocycles. The lowest BCUT2D eigenvalue weighted by atomic mass is 10.1. The van der Waals surface area contributed by atoms with Gasteiger partial charge in [-0.3, -0.25) is 19.1 Å². The van der Waals surface area contributed by atoms with Crippen LogP contribution in [0.5, 0.6) is 0 Å². The molecule has 3 heterocycles. The monoisotopic (exact) mass is 488 g/mol. The summed E-state index contributed by atoms with van der Waals surface area (Å²) in [5, 5.41) is 0.443. The van der Waals surface area contributed by atoms with E-state index in [1.807, 2.05) is 61.5 Å². The molecule has 0 bridgehead atoms. The number of para-hydroxylation sites is 2. The molecule has 1 saturated heterocycles. The van der Waals surface area contributed by atoms with Crippen molar-refractivity contribution in [3.63, 3.8) is 0 Å². The Labute approximate surface area is 207 Å². The molecule has 3 aromatic rings. The Balaban J connectivity index is 1.90. The molecule has 34 heavy (non-hydrogen) atoms. The van der Waals surface area contributed by atoms with E-state index in [0.29, 0.717) is 38.8 Å². The summed E-state index contributed by atoms with van der Waals surface area (Å²) in [4.78, 5) is 32.7. The molecule has 8 heteroatoms. The molecule has 2 aliphatic heterocycles. The van der Waals surface area contributed by atoms with Crippen molar-refractivity contribution in [2.45, 2.75) is 13.8 Å². The summed E-state index contributed by atoms with van der Waals surface area (Å²) in [7, 11) is 1.78. The van der Waals surface area contributed by atoms with Gasteiger partial charge < -0.3 is 9.80 Å². The molecular weight excluding hydrogens is 464 g/mol. The number of carbonyl (C=O) groups excluding carboxylic acids is 1. The number of anilines is 1. The van der Waals surface area contributed by atoms with Gasteiger partial charge in [-0.25, -0.2) is 0 Å². The number of aromatic nitrogens is 1. The summed E-state index contributed by atoms with van der Waals surface area (Å²) in [5.74, 6) is -0.186. The van der Waals surface area contributed by atoms with Crippen LogP contribution in [0.15, 0.2) is 65.5 Å². The summed E-state index contributed by atoms with van der Waals surface area (Å²) >= 11 is 6.86. The Kier molecular flexibility index (Phi) is 5.71. The Bertz CT molecular complexity index is 1520. The van der Waals surface area contributed by atoms with Crippen molar-refractivity contribution in [2.75, 3.05) is 25.0 Å². The second-order valence-corrected chi connectivity index (χ2v) is 9.34. The quantitative estimate of drug-likeness (QED) is 0.531. The number of likely N-dealkylation sites (N-methyl/N-ethyl adjacent to an activating group) is 3. The van der Waals surface area contributed by atoms with E-state index in [0.717, 1.165) is 16.9 Å². The predicted octanol–water partition coefficient (Wildman–Crippen LogP) is 2.75. The maximum Gasteiger partial charge on any atom is 0.279 e. The third kappa shape index (κ3) is 3.33. The highest BCUT2D eigenvalue weighted by Gasteiger charge is 2.37. The smallest absolute Gasteiger partial charge is 0.279 e. The van der Waals surface area contributed by atoms with Crippen LogP contribution in [0.25, 0.3) is 23.2 Å². The van der Waals surface area contributed by atoms with E-state index in [1.165, 1.54) is 11.3 Å². The molecular formula is C26H24N4O2S2. The summed E-state index contributed by atoms with van der Waals surface area (Å²) in [5.41, 5.74) is 3.98. The zero-order valence-corrected chi connectivity index (χ0v) is 20.8. The largest absolute Gasteiger partial charge is 0.340 e. The van der Waals surface area contributed by atoms with E-state index in [9.17, 15) is 9.59 Å². The minimum Gasteiger partial charge on any atom is -0.340 e. The van der Waals surface area contributed by atoms with Crippen molar-refractivity contribution in [3.05, 3.63) is 85.8 Å². The number of fused-ring (bicyclic) bond motifs is 1. The van der Waals surface area contributed by atoms with E-state index in [-0.39, 0.29) is 11.5 Å². The van der Waals surface area contributed by atoms with Gasteiger partial charge in [0.1, 0.15) is 14.9 Å². The average Bonchev–Trinajstić information content (AvgIpc) is 3.30. The summed E-state index contributed by atoms with van der Waals surface area (Å²) in [6, 6.07) is 17.6. The third-order valence-electron chi connectivity index (χ3n) is 6.12. The van der Waals surface area contributed by atoms with Crippen molar-refractivity contribution < 1.29 is 4.79 Å². The van der Waals surface area contributed by atoms with Gasteiger partial charge in [-0.1, -0.05) is 42.5 Å². The lowest BCUT2D eigenvalue weighted by Gasteiger charge is -2.28. The number of hydrogen-bond donors (Lipinski definition) is 0. The zero-order chi connectivity index (χ0) is 24.0. The van der Waals surface area contributed by atoms with Crippen LogP contribution in [-0.4, -0.2) is 45.5 Å². The molecule has 0 radical (unpaired) electrons. The van der Waals surface area contributed by atoms with Gasteiger partial charge in [0.05, 0.1) is 11.4 Å².